The Balaban J connectivity index is 1.97. The van der Waals surface area contributed by atoms with E-state index in [1.807, 2.05) is 37.3 Å². The number of hydrogen-bond donors (Lipinski definition) is 1. The van der Waals surface area contributed by atoms with Gasteiger partial charge in [-0.1, -0.05) is 58.0 Å². The monoisotopic (exact) mass is 321 g/mol. The lowest BCUT2D eigenvalue weighted by Gasteiger charge is -2.07. The van der Waals surface area contributed by atoms with Crippen LogP contribution in [-0.4, -0.2) is 16.7 Å². The molecule has 5 heteroatoms. The van der Waals surface area contributed by atoms with Gasteiger partial charge in [0.25, 0.3) is 0 Å². The Bertz CT molecular complexity index is 539. The zero-order chi connectivity index (χ0) is 13.7. The van der Waals surface area contributed by atoms with E-state index in [1.54, 1.807) is 0 Å². The third-order valence-electron chi connectivity index (χ3n) is 2.66. The summed E-state index contributed by atoms with van der Waals surface area (Å²) < 4.78 is 6.15. The first-order valence-corrected chi connectivity index (χ1v) is 6.87. The zero-order valence-electron chi connectivity index (χ0n) is 10.8. The van der Waals surface area contributed by atoms with E-state index in [-0.39, 0.29) is 6.04 Å². The number of aromatic nitrogens is 2. The molecule has 2 rings (SSSR count). The summed E-state index contributed by atoms with van der Waals surface area (Å²) in [4.78, 5) is 4.40. The van der Waals surface area contributed by atoms with Gasteiger partial charge in [0.2, 0.25) is 5.89 Å². The molecule has 0 bridgehead atoms. The van der Waals surface area contributed by atoms with Crippen LogP contribution >= 0.6 is 15.9 Å². The molecule has 0 aliphatic carbocycles. The van der Waals surface area contributed by atoms with Gasteiger partial charge in [0.1, 0.15) is 0 Å². The van der Waals surface area contributed by atoms with Crippen LogP contribution in [0.4, 0.5) is 0 Å². The van der Waals surface area contributed by atoms with Gasteiger partial charge < -0.3 is 9.84 Å². The quantitative estimate of drug-likeness (QED) is 0.887. The van der Waals surface area contributed by atoms with Gasteiger partial charge in [0.15, 0.2) is 5.82 Å². The van der Waals surface area contributed by atoms with Gasteiger partial charge in [-0.3, -0.25) is 0 Å². The van der Waals surface area contributed by atoms with Gasteiger partial charge in [-0.25, -0.2) is 0 Å². The Morgan fingerprint density at radius 3 is 2.84 bits per heavy atom. The lowest BCUT2D eigenvalue weighted by Crippen LogP contribution is -2.20. The Labute approximate surface area is 121 Å². The summed E-state index contributed by atoms with van der Waals surface area (Å²) >= 11 is 3.30. The summed E-state index contributed by atoms with van der Waals surface area (Å²) in [6.07, 6.45) is 0.683. The molecular formula is C14H16BrN3O. The molecule has 1 unspecified atom stereocenters. The highest BCUT2D eigenvalue weighted by molar-refractivity contribution is 9.11. The fourth-order valence-corrected chi connectivity index (χ4v) is 1.81. The van der Waals surface area contributed by atoms with Gasteiger partial charge in [-0.05, 0) is 12.5 Å². The normalized spacial score (nSPS) is 12.3. The van der Waals surface area contributed by atoms with Gasteiger partial charge in [-0.15, -0.1) is 0 Å². The smallest absolute Gasteiger partial charge is 0.243 e. The topological polar surface area (TPSA) is 51.0 Å². The summed E-state index contributed by atoms with van der Waals surface area (Å²) in [7, 11) is 0. The van der Waals surface area contributed by atoms with Crippen LogP contribution in [0.15, 0.2) is 45.9 Å². The van der Waals surface area contributed by atoms with E-state index in [4.69, 9.17) is 4.52 Å². The van der Waals surface area contributed by atoms with Crippen LogP contribution in [-0.2, 0) is 6.42 Å². The van der Waals surface area contributed by atoms with E-state index in [9.17, 15) is 0 Å². The third kappa shape index (κ3) is 4.29. The van der Waals surface area contributed by atoms with E-state index in [0.717, 1.165) is 4.48 Å². The predicted octanol–water partition coefficient (Wildman–Crippen LogP) is 3.22. The summed E-state index contributed by atoms with van der Waals surface area (Å²) in [6, 6.07) is 10.1. The number of halogens is 1. The minimum Gasteiger partial charge on any atom is -0.338 e. The van der Waals surface area contributed by atoms with Crippen molar-refractivity contribution in [1.82, 2.24) is 15.5 Å². The second-order valence-corrected chi connectivity index (χ2v) is 5.45. The molecule has 1 aromatic heterocycles. The molecule has 1 N–H and O–H groups in total. The first kappa shape index (κ1) is 14.0. The highest BCUT2D eigenvalue weighted by Crippen LogP contribution is 2.13. The zero-order valence-corrected chi connectivity index (χ0v) is 12.4. The number of nitrogens with one attached hydrogen (secondary N) is 1. The number of nitrogens with zero attached hydrogens (tertiary/aromatic N) is 2. The maximum absolute atomic E-state index is 5.26. The molecule has 2 aromatic rings. The molecular weight excluding hydrogens is 306 g/mol. The van der Waals surface area contributed by atoms with Crippen LogP contribution in [0.3, 0.4) is 0 Å². The maximum Gasteiger partial charge on any atom is 0.243 e. The summed E-state index contributed by atoms with van der Waals surface area (Å²) in [5, 5.41) is 7.23. The molecule has 19 heavy (non-hydrogen) atoms. The molecule has 0 saturated carbocycles. The molecule has 1 aromatic carbocycles. The minimum absolute atomic E-state index is 0.00585. The molecule has 0 radical (unpaired) electrons. The lowest BCUT2D eigenvalue weighted by atomic mass is 10.1. The molecule has 0 aliphatic rings. The average Bonchev–Trinajstić information content (AvgIpc) is 2.85. The van der Waals surface area contributed by atoms with Gasteiger partial charge in [0, 0.05) is 17.4 Å². The fourth-order valence-electron chi connectivity index (χ4n) is 1.64. The molecule has 1 heterocycles. The van der Waals surface area contributed by atoms with Crippen LogP contribution in [0, 0.1) is 0 Å². The number of rotatable bonds is 6. The highest BCUT2D eigenvalue weighted by atomic mass is 79.9. The van der Waals surface area contributed by atoms with E-state index in [1.165, 1.54) is 5.56 Å². The molecule has 100 valence electrons. The first-order chi connectivity index (χ1) is 9.15. The number of hydrogen-bond acceptors (Lipinski definition) is 4. The van der Waals surface area contributed by atoms with Crippen LogP contribution in [0.5, 0.6) is 0 Å². The van der Waals surface area contributed by atoms with E-state index in [2.05, 4.69) is 38.0 Å². The summed E-state index contributed by atoms with van der Waals surface area (Å²) in [5.74, 6) is 1.30. The highest BCUT2D eigenvalue weighted by Gasteiger charge is 2.13. The van der Waals surface area contributed by atoms with Gasteiger partial charge in [-0.2, -0.15) is 4.98 Å². The largest absolute Gasteiger partial charge is 0.338 e. The van der Waals surface area contributed by atoms with Crippen LogP contribution < -0.4 is 5.32 Å². The van der Waals surface area contributed by atoms with Crippen LogP contribution in [0.2, 0.25) is 0 Å². The average molecular weight is 322 g/mol. The van der Waals surface area contributed by atoms with Crippen LogP contribution in [0.25, 0.3) is 0 Å². The molecule has 1 atom stereocenters. The maximum atomic E-state index is 5.26. The standard InChI is InChI=1S/C14H16BrN3O/c1-10(15)9-16-11(2)14-17-13(18-19-14)8-12-6-4-3-5-7-12/h3-7,11,16H,1,8-9H2,2H3. The SMILES string of the molecule is C=C(Br)CNC(C)c1nc(Cc2ccccc2)no1. The van der Waals surface area contributed by atoms with Crippen molar-refractivity contribution in [3.8, 4) is 0 Å². The lowest BCUT2D eigenvalue weighted by molar-refractivity contribution is 0.340. The van der Waals surface area contributed by atoms with E-state index >= 15 is 0 Å². The molecule has 0 spiro atoms. The third-order valence-corrected chi connectivity index (χ3v) is 2.94. The Kier molecular flexibility index (Phi) is 4.87. The number of benzene rings is 1. The van der Waals surface area contributed by atoms with Crippen molar-refractivity contribution in [3.63, 3.8) is 0 Å². The summed E-state index contributed by atoms with van der Waals surface area (Å²) in [5.41, 5.74) is 1.17. The van der Waals surface area contributed by atoms with E-state index < -0.39 is 0 Å². The molecule has 4 nitrogen and oxygen atoms in total. The van der Waals surface area contributed by atoms with Crippen molar-refractivity contribution in [3.05, 3.63) is 58.7 Å². The van der Waals surface area contributed by atoms with Crippen molar-refractivity contribution in [1.29, 1.82) is 0 Å². The molecule has 0 amide bonds. The first-order valence-electron chi connectivity index (χ1n) is 6.08. The molecule has 0 saturated heterocycles. The summed E-state index contributed by atoms with van der Waals surface area (Å²) in [6.45, 7) is 6.42. The Morgan fingerprint density at radius 1 is 1.42 bits per heavy atom. The van der Waals surface area contributed by atoms with Gasteiger partial charge in [0.05, 0.1) is 6.04 Å². The van der Waals surface area contributed by atoms with Crippen molar-refractivity contribution in [2.45, 2.75) is 19.4 Å². The van der Waals surface area contributed by atoms with Gasteiger partial charge >= 0.3 is 0 Å². The van der Waals surface area contributed by atoms with Crippen molar-refractivity contribution < 1.29 is 4.52 Å². The second kappa shape index (κ2) is 6.63. The van der Waals surface area contributed by atoms with Crippen molar-refractivity contribution in [2.24, 2.45) is 0 Å². The fraction of sp³-hybridized carbons (Fsp3) is 0.286. The molecule has 0 fully saturated rings. The van der Waals surface area contributed by atoms with Crippen molar-refractivity contribution in [2.75, 3.05) is 6.54 Å². The molecule has 0 aliphatic heterocycles. The van der Waals surface area contributed by atoms with Crippen LogP contribution in [0.1, 0.15) is 30.2 Å². The van der Waals surface area contributed by atoms with Crippen molar-refractivity contribution >= 4 is 15.9 Å². The Hall–Kier alpha value is -1.46. The van der Waals surface area contributed by atoms with E-state index in [0.29, 0.717) is 24.7 Å². The predicted molar refractivity (Wildman–Crippen MR) is 78.0 cm³/mol. The Morgan fingerprint density at radius 2 is 2.16 bits per heavy atom. The minimum atomic E-state index is 0.00585. The second-order valence-electron chi connectivity index (χ2n) is 4.33.